The Morgan fingerprint density at radius 2 is 2.29 bits per heavy atom. The van der Waals surface area contributed by atoms with Gasteiger partial charge < -0.3 is 0 Å². The zero-order valence-corrected chi connectivity index (χ0v) is 9.15. The highest BCUT2D eigenvalue weighted by Crippen LogP contribution is 2.26. The summed E-state index contributed by atoms with van der Waals surface area (Å²) in [5.41, 5.74) is 0. The van der Waals surface area contributed by atoms with Crippen LogP contribution in [0, 0.1) is 0 Å². The molecule has 0 aliphatic carbocycles. The molecule has 1 atom stereocenters. The normalized spacial score (nSPS) is 20.5. The van der Waals surface area contributed by atoms with Gasteiger partial charge in [0.1, 0.15) is 0 Å². The molecule has 1 aromatic heterocycles. The number of aromatic amines is 1. The zero-order valence-electron chi connectivity index (χ0n) is 8.34. The summed E-state index contributed by atoms with van der Waals surface area (Å²) < 4.78 is 36.5. The van der Waals surface area contributed by atoms with Crippen molar-refractivity contribution in [1.29, 1.82) is 0 Å². The number of thioether (sulfide) groups is 1. The van der Waals surface area contributed by atoms with Gasteiger partial charge in [-0.3, -0.25) is 20.5 Å². The van der Waals surface area contributed by atoms with E-state index in [-0.39, 0.29) is 5.95 Å². The van der Waals surface area contributed by atoms with Gasteiger partial charge in [0.2, 0.25) is 17.7 Å². The minimum Gasteiger partial charge on any atom is -0.296 e. The van der Waals surface area contributed by atoms with Gasteiger partial charge in [-0.15, -0.1) is 16.9 Å². The van der Waals surface area contributed by atoms with Gasteiger partial charge in [0.15, 0.2) is 0 Å². The molecule has 1 saturated heterocycles. The molecule has 0 saturated carbocycles. The lowest BCUT2D eigenvalue weighted by Crippen LogP contribution is -2.37. The van der Waals surface area contributed by atoms with Crippen molar-refractivity contribution >= 4 is 23.6 Å². The molecule has 1 aliphatic rings. The molecule has 1 fully saturated rings. The van der Waals surface area contributed by atoms with Crippen LogP contribution >= 0.6 is 11.8 Å². The summed E-state index contributed by atoms with van der Waals surface area (Å²) in [6.45, 7) is 0. The van der Waals surface area contributed by atoms with Crippen LogP contribution in [-0.4, -0.2) is 38.8 Å². The number of nitrogens with one attached hydrogen (secondary N) is 3. The van der Waals surface area contributed by atoms with E-state index in [1.165, 1.54) is 11.8 Å². The molecular formula is C7H8F3N5OS. The fourth-order valence-corrected chi connectivity index (χ4v) is 2.15. The van der Waals surface area contributed by atoms with Crippen LogP contribution in [0.3, 0.4) is 0 Å². The van der Waals surface area contributed by atoms with E-state index < -0.39 is 23.9 Å². The third-order valence-corrected chi connectivity index (χ3v) is 2.96. The summed E-state index contributed by atoms with van der Waals surface area (Å²) in [4.78, 5) is 14.6. The van der Waals surface area contributed by atoms with Crippen molar-refractivity contribution in [2.75, 3.05) is 16.9 Å². The molecule has 2 rings (SSSR count). The first-order valence-corrected chi connectivity index (χ1v) is 5.74. The number of anilines is 1. The molecule has 1 aromatic rings. The Morgan fingerprint density at radius 3 is 2.82 bits per heavy atom. The van der Waals surface area contributed by atoms with Gasteiger partial charge in [-0.05, 0) is 0 Å². The van der Waals surface area contributed by atoms with Gasteiger partial charge >= 0.3 is 6.18 Å². The van der Waals surface area contributed by atoms with Crippen LogP contribution in [0.15, 0.2) is 0 Å². The van der Waals surface area contributed by atoms with Gasteiger partial charge in [0.25, 0.3) is 0 Å². The standard InChI is InChI=1S/C7H8F3N5OS/c8-7(9,10)5-13-6(15-14-5)12-4(16)3-1-17-2-11-3/h3,11H,1-2H2,(H2,12,13,14,15,16). The number of H-pyrrole nitrogens is 1. The van der Waals surface area contributed by atoms with Crippen molar-refractivity contribution in [3.8, 4) is 0 Å². The van der Waals surface area contributed by atoms with Gasteiger partial charge in [-0.2, -0.15) is 18.2 Å². The first-order chi connectivity index (χ1) is 7.97. The molecule has 6 nitrogen and oxygen atoms in total. The fourth-order valence-electron chi connectivity index (χ4n) is 1.21. The van der Waals surface area contributed by atoms with Crippen LogP contribution in [0.2, 0.25) is 0 Å². The minimum absolute atomic E-state index is 0.374. The number of alkyl halides is 3. The van der Waals surface area contributed by atoms with E-state index in [2.05, 4.69) is 20.7 Å². The summed E-state index contributed by atoms with van der Waals surface area (Å²) in [5.74, 6) is -0.840. The Labute approximate surface area is 97.7 Å². The molecular weight excluding hydrogens is 259 g/mol. The molecule has 0 aromatic carbocycles. The van der Waals surface area contributed by atoms with Crippen molar-refractivity contribution in [2.45, 2.75) is 12.2 Å². The monoisotopic (exact) mass is 267 g/mol. The van der Waals surface area contributed by atoms with Gasteiger partial charge in [-0.1, -0.05) is 0 Å². The van der Waals surface area contributed by atoms with E-state index in [9.17, 15) is 18.0 Å². The lowest BCUT2D eigenvalue weighted by molar-refractivity contribution is -0.144. The van der Waals surface area contributed by atoms with Crippen LogP contribution in [0.25, 0.3) is 0 Å². The molecule has 2 heterocycles. The van der Waals surface area contributed by atoms with Crippen LogP contribution in [0.5, 0.6) is 0 Å². The van der Waals surface area contributed by atoms with Crippen LogP contribution in [-0.2, 0) is 11.0 Å². The lowest BCUT2D eigenvalue weighted by Gasteiger charge is -2.06. The number of aromatic nitrogens is 3. The third-order valence-electron chi connectivity index (χ3n) is 2.02. The number of rotatable bonds is 2. The zero-order chi connectivity index (χ0) is 12.5. The average Bonchev–Trinajstić information content (AvgIpc) is 2.85. The molecule has 3 N–H and O–H groups in total. The summed E-state index contributed by atoms with van der Waals surface area (Å²) in [5, 5.41) is 10.1. The van der Waals surface area contributed by atoms with Crippen molar-refractivity contribution in [2.24, 2.45) is 0 Å². The molecule has 94 valence electrons. The summed E-state index contributed by atoms with van der Waals surface area (Å²) >= 11 is 1.53. The second-order valence-electron chi connectivity index (χ2n) is 3.27. The van der Waals surface area contributed by atoms with Gasteiger partial charge in [-0.25, -0.2) is 0 Å². The molecule has 0 spiro atoms. The van der Waals surface area contributed by atoms with Crippen LogP contribution in [0.4, 0.5) is 19.1 Å². The maximum atomic E-state index is 12.2. The maximum absolute atomic E-state index is 12.2. The van der Waals surface area contributed by atoms with E-state index in [4.69, 9.17) is 0 Å². The second kappa shape index (κ2) is 4.53. The second-order valence-corrected chi connectivity index (χ2v) is 4.30. The minimum atomic E-state index is -4.60. The molecule has 17 heavy (non-hydrogen) atoms. The SMILES string of the molecule is O=C(Nc1n[nH]c(C(F)(F)F)n1)C1CSCN1. The smallest absolute Gasteiger partial charge is 0.296 e. The number of nitrogens with zero attached hydrogens (tertiary/aromatic N) is 2. The maximum Gasteiger partial charge on any atom is 0.451 e. The van der Waals surface area contributed by atoms with E-state index in [1.807, 2.05) is 0 Å². The Hall–Kier alpha value is -1.29. The average molecular weight is 267 g/mol. The summed E-state index contributed by atoms with van der Waals surface area (Å²) in [6.07, 6.45) is -4.60. The first-order valence-electron chi connectivity index (χ1n) is 4.58. The molecule has 1 amide bonds. The molecule has 10 heteroatoms. The predicted molar refractivity (Wildman–Crippen MR) is 54.3 cm³/mol. The molecule has 0 bridgehead atoms. The quantitative estimate of drug-likeness (QED) is 0.723. The Kier molecular flexibility index (Phi) is 3.24. The largest absolute Gasteiger partial charge is 0.451 e. The highest BCUT2D eigenvalue weighted by Gasteiger charge is 2.35. The summed E-state index contributed by atoms with van der Waals surface area (Å²) in [6, 6.07) is -0.423. The molecule has 1 unspecified atom stereocenters. The van der Waals surface area contributed by atoms with Crippen LogP contribution in [0.1, 0.15) is 5.82 Å². The van der Waals surface area contributed by atoms with Gasteiger partial charge in [0.05, 0.1) is 6.04 Å². The van der Waals surface area contributed by atoms with Crippen LogP contribution < -0.4 is 10.6 Å². The van der Waals surface area contributed by atoms with E-state index in [1.54, 1.807) is 5.10 Å². The van der Waals surface area contributed by atoms with E-state index >= 15 is 0 Å². The number of carbonyl (C=O) groups excluding carboxylic acids is 1. The Morgan fingerprint density at radius 1 is 1.53 bits per heavy atom. The number of hydrogen-bond acceptors (Lipinski definition) is 5. The number of amides is 1. The number of carbonyl (C=O) groups is 1. The van der Waals surface area contributed by atoms with Crippen molar-refractivity contribution in [3.63, 3.8) is 0 Å². The van der Waals surface area contributed by atoms with Gasteiger partial charge in [0, 0.05) is 11.6 Å². The topological polar surface area (TPSA) is 82.7 Å². The molecule has 1 aliphatic heterocycles. The lowest BCUT2D eigenvalue weighted by atomic mass is 10.3. The van der Waals surface area contributed by atoms with Crippen molar-refractivity contribution in [1.82, 2.24) is 20.5 Å². The Bertz CT molecular complexity index is 414. The van der Waals surface area contributed by atoms with E-state index in [0.717, 1.165) is 0 Å². The number of hydrogen-bond donors (Lipinski definition) is 3. The highest BCUT2D eigenvalue weighted by atomic mass is 32.2. The predicted octanol–water partition coefficient (Wildman–Crippen LogP) is 0.424. The number of halogens is 3. The highest BCUT2D eigenvalue weighted by molar-refractivity contribution is 7.99. The molecule has 0 radical (unpaired) electrons. The first kappa shape index (κ1) is 12.2. The van der Waals surface area contributed by atoms with E-state index in [0.29, 0.717) is 11.6 Å². The third kappa shape index (κ3) is 2.88. The summed E-state index contributed by atoms with van der Waals surface area (Å²) in [7, 11) is 0. The fraction of sp³-hybridized carbons (Fsp3) is 0.571. The Balaban J connectivity index is 1.99. The van der Waals surface area contributed by atoms with Crippen molar-refractivity contribution in [3.05, 3.63) is 5.82 Å². The van der Waals surface area contributed by atoms with Crippen molar-refractivity contribution < 1.29 is 18.0 Å².